The lowest BCUT2D eigenvalue weighted by Crippen LogP contribution is -2.46. The highest BCUT2D eigenvalue weighted by molar-refractivity contribution is 7.91. The zero-order valence-corrected chi connectivity index (χ0v) is 7.04. The van der Waals surface area contributed by atoms with Gasteiger partial charge in [0.05, 0.1) is 23.7 Å². The minimum atomic E-state index is -3.14. The van der Waals surface area contributed by atoms with Gasteiger partial charge in [-0.05, 0) is 0 Å². The summed E-state index contributed by atoms with van der Waals surface area (Å²) in [6.45, 7) is 0. The molecule has 0 radical (unpaired) electrons. The van der Waals surface area contributed by atoms with E-state index < -0.39 is 22.0 Å². The fraction of sp³-hybridized carbons (Fsp3) is 0.800. The zero-order chi connectivity index (χ0) is 9.19. The minimum Gasteiger partial charge on any atom is -0.390 e. The molecular formula is C5H10N2O4S. The number of nitrogens with one attached hydrogen (secondary N) is 2. The van der Waals surface area contributed by atoms with Gasteiger partial charge in [0.2, 0.25) is 6.41 Å². The van der Waals surface area contributed by atoms with Crippen molar-refractivity contribution in [2.45, 2.75) is 12.1 Å². The lowest BCUT2D eigenvalue weighted by molar-refractivity contribution is -0.110. The normalized spacial score (nSPS) is 33.1. The van der Waals surface area contributed by atoms with Gasteiger partial charge < -0.3 is 5.11 Å². The summed E-state index contributed by atoms with van der Waals surface area (Å²) in [6, 6.07) is -0.597. The Kier molecular flexibility index (Phi) is 2.65. The van der Waals surface area contributed by atoms with Gasteiger partial charge in [-0.3, -0.25) is 10.2 Å². The maximum atomic E-state index is 10.9. The highest BCUT2D eigenvalue weighted by Gasteiger charge is 2.36. The molecule has 3 N–H and O–H groups in total. The van der Waals surface area contributed by atoms with Crippen molar-refractivity contribution >= 4 is 16.2 Å². The molecule has 2 atom stereocenters. The van der Waals surface area contributed by atoms with Crippen molar-refractivity contribution in [1.82, 2.24) is 10.9 Å². The molecule has 1 aliphatic heterocycles. The van der Waals surface area contributed by atoms with E-state index in [-0.39, 0.29) is 11.5 Å². The van der Waals surface area contributed by atoms with Crippen molar-refractivity contribution in [3.05, 3.63) is 0 Å². The standard InChI is InChI=1S/C5H10N2O4S/c8-3-6-7-4-1-12(10,11)2-5(4)9/h3-5,7,9H,1-2H2,(H,6,8)/t4-,5-/m1/s1. The Morgan fingerprint density at radius 1 is 1.42 bits per heavy atom. The van der Waals surface area contributed by atoms with Crippen LogP contribution in [0.25, 0.3) is 0 Å². The second kappa shape index (κ2) is 3.38. The van der Waals surface area contributed by atoms with Crippen molar-refractivity contribution in [3.8, 4) is 0 Å². The van der Waals surface area contributed by atoms with Crippen LogP contribution in [0.1, 0.15) is 0 Å². The zero-order valence-electron chi connectivity index (χ0n) is 6.23. The first-order valence-electron chi connectivity index (χ1n) is 3.38. The molecule has 1 rings (SSSR count). The van der Waals surface area contributed by atoms with Gasteiger partial charge in [0.25, 0.3) is 0 Å². The Labute approximate surface area is 69.8 Å². The van der Waals surface area contributed by atoms with E-state index >= 15 is 0 Å². The molecule has 1 amide bonds. The Bertz CT molecular complexity index is 263. The fourth-order valence-corrected chi connectivity index (χ4v) is 2.85. The van der Waals surface area contributed by atoms with Crippen LogP contribution in [0.3, 0.4) is 0 Å². The van der Waals surface area contributed by atoms with Crippen molar-refractivity contribution in [1.29, 1.82) is 0 Å². The van der Waals surface area contributed by atoms with E-state index in [9.17, 15) is 13.2 Å². The molecule has 0 unspecified atom stereocenters. The molecule has 0 saturated carbocycles. The quantitative estimate of drug-likeness (QED) is 0.338. The van der Waals surface area contributed by atoms with Crippen LogP contribution in [-0.4, -0.2) is 43.6 Å². The Balaban J connectivity index is 2.52. The van der Waals surface area contributed by atoms with Crippen molar-refractivity contribution in [3.63, 3.8) is 0 Å². The lowest BCUT2D eigenvalue weighted by atomic mass is 10.2. The molecule has 1 aliphatic rings. The number of rotatable bonds is 3. The second-order valence-electron chi connectivity index (χ2n) is 2.66. The maximum Gasteiger partial charge on any atom is 0.221 e. The molecule has 12 heavy (non-hydrogen) atoms. The summed E-state index contributed by atoms with van der Waals surface area (Å²) in [4.78, 5) is 9.82. The van der Waals surface area contributed by atoms with E-state index in [1.165, 1.54) is 0 Å². The topological polar surface area (TPSA) is 95.5 Å². The summed E-state index contributed by atoms with van der Waals surface area (Å²) in [5, 5.41) is 9.15. The molecule has 0 spiro atoms. The van der Waals surface area contributed by atoms with Crippen LogP contribution in [-0.2, 0) is 14.6 Å². The first-order chi connectivity index (χ1) is 5.55. The number of aliphatic hydroxyl groups is 1. The van der Waals surface area contributed by atoms with Gasteiger partial charge in [-0.1, -0.05) is 0 Å². The number of hydrazine groups is 1. The van der Waals surface area contributed by atoms with Crippen LogP contribution in [0.5, 0.6) is 0 Å². The third kappa shape index (κ3) is 2.16. The molecule has 70 valence electrons. The highest BCUT2D eigenvalue weighted by Crippen LogP contribution is 2.11. The molecule has 0 aliphatic carbocycles. The highest BCUT2D eigenvalue weighted by atomic mass is 32.2. The van der Waals surface area contributed by atoms with Crippen molar-refractivity contribution < 1.29 is 18.3 Å². The van der Waals surface area contributed by atoms with E-state index in [2.05, 4.69) is 10.9 Å². The minimum absolute atomic E-state index is 0.144. The van der Waals surface area contributed by atoms with Crippen LogP contribution < -0.4 is 10.9 Å². The Morgan fingerprint density at radius 2 is 2.08 bits per heavy atom. The van der Waals surface area contributed by atoms with E-state index in [0.29, 0.717) is 6.41 Å². The smallest absolute Gasteiger partial charge is 0.221 e. The van der Waals surface area contributed by atoms with Gasteiger partial charge in [0.15, 0.2) is 9.84 Å². The molecule has 0 aromatic heterocycles. The summed E-state index contributed by atoms with van der Waals surface area (Å²) >= 11 is 0. The van der Waals surface area contributed by atoms with Gasteiger partial charge >= 0.3 is 0 Å². The van der Waals surface area contributed by atoms with Gasteiger partial charge in [-0.25, -0.2) is 13.8 Å². The van der Waals surface area contributed by atoms with Crippen LogP contribution in [0, 0.1) is 0 Å². The molecule has 0 bridgehead atoms. The monoisotopic (exact) mass is 194 g/mol. The average Bonchev–Trinajstić information content (AvgIpc) is 2.20. The Hall–Kier alpha value is -0.660. The molecule has 0 aromatic carbocycles. The number of carbonyl (C=O) groups is 1. The Morgan fingerprint density at radius 3 is 2.50 bits per heavy atom. The number of aliphatic hydroxyl groups excluding tert-OH is 1. The molecule has 6 nitrogen and oxygen atoms in total. The number of amides is 1. The predicted octanol–water partition coefficient (Wildman–Crippen LogP) is -2.61. The second-order valence-corrected chi connectivity index (χ2v) is 4.81. The molecule has 0 aromatic rings. The lowest BCUT2D eigenvalue weighted by Gasteiger charge is -2.12. The number of carbonyl (C=O) groups excluding carboxylic acids is 1. The number of hydrogen-bond acceptors (Lipinski definition) is 5. The van der Waals surface area contributed by atoms with Crippen LogP contribution in [0.2, 0.25) is 0 Å². The maximum absolute atomic E-state index is 10.9. The predicted molar refractivity (Wildman–Crippen MR) is 40.8 cm³/mol. The summed E-state index contributed by atoms with van der Waals surface area (Å²) in [5.74, 6) is -0.389. The first kappa shape index (κ1) is 9.43. The third-order valence-electron chi connectivity index (χ3n) is 1.65. The molecule has 1 fully saturated rings. The largest absolute Gasteiger partial charge is 0.390 e. The van der Waals surface area contributed by atoms with Crippen molar-refractivity contribution in [2.24, 2.45) is 0 Å². The first-order valence-corrected chi connectivity index (χ1v) is 5.20. The van der Waals surface area contributed by atoms with E-state index in [1.54, 1.807) is 0 Å². The summed E-state index contributed by atoms with van der Waals surface area (Å²) in [6.07, 6.45) is -0.556. The summed E-state index contributed by atoms with van der Waals surface area (Å²) in [7, 11) is -3.14. The SMILES string of the molecule is O=CNN[C@@H]1CS(=O)(=O)C[C@H]1O. The average molecular weight is 194 g/mol. The van der Waals surface area contributed by atoms with E-state index in [0.717, 1.165) is 0 Å². The van der Waals surface area contributed by atoms with Gasteiger partial charge in [0, 0.05) is 0 Å². The van der Waals surface area contributed by atoms with Crippen LogP contribution in [0.4, 0.5) is 0 Å². The van der Waals surface area contributed by atoms with Gasteiger partial charge in [0.1, 0.15) is 0 Å². The van der Waals surface area contributed by atoms with Gasteiger partial charge in [-0.2, -0.15) is 0 Å². The molecule has 1 heterocycles. The third-order valence-corrected chi connectivity index (χ3v) is 3.37. The number of sulfone groups is 1. The fourth-order valence-electron chi connectivity index (χ4n) is 1.11. The summed E-state index contributed by atoms with van der Waals surface area (Å²) < 4.78 is 21.8. The van der Waals surface area contributed by atoms with E-state index in [1.807, 2.05) is 0 Å². The van der Waals surface area contributed by atoms with Crippen LogP contribution in [0.15, 0.2) is 0 Å². The molecule has 1 saturated heterocycles. The van der Waals surface area contributed by atoms with Crippen LogP contribution >= 0.6 is 0 Å². The summed E-state index contributed by atoms with van der Waals surface area (Å²) in [5.41, 5.74) is 4.49. The number of hydrogen-bond donors (Lipinski definition) is 3. The van der Waals surface area contributed by atoms with Crippen molar-refractivity contribution in [2.75, 3.05) is 11.5 Å². The molecular weight excluding hydrogens is 184 g/mol. The van der Waals surface area contributed by atoms with E-state index in [4.69, 9.17) is 5.11 Å². The molecule has 7 heteroatoms. The van der Waals surface area contributed by atoms with Gasteiger partial charge in [-0.15, -0.1) is 0 Å².